The predicted octanol–water partition coefficient (Wildman–Crippen LogP) is 2.90. The predicted molar refractivity (Wildman–Crippen MR) is 76.2 cm³/mol. The van der Waals surface area contributed by atoms with E-state index in [9.17, 15) is 0 Å². The molecule has 0 bridgehead atoms. The number of hydrogen-bond acceptors (Lipinski definition) is 3. The van der Waals surface area contributed by atoms with Gasteiger partial charge in [0.05, 0.1) is 12.2 Å². The van der Waals surface area contributed by atoms with E-state index in [0.29, 0.717) is 12.7 Å². The van der Waals surface area contributed by atoms with E-state index in [1.54, 1.807) is 0 Å². The van der Waals surface area contributed by atoms with Crippen molar-refractivity contribution in [1.82, 2.24) is 5.32 Å². The highest BCUT2D eigenvalue weighted by atomic mass is 79.9. The van der Waals surface area contributed by atoms with Crippen LogP contribution in [0.2, 0.25) is 0 Å². The molecular formula is C14H20BrNO2. The molecule has 1 saturated heterocycles. The molecule has 0 amide bonds. The average Bonchev–Trinajstić information content (AvgIpc) is 2.79. The van der Waals surface area contributed by atoms with E-state index >= 15 is 0 Å². The summed E-state index contributed by atoms with van der Waals surface area (Å²) in [7, 11) is 1.96. The van der Waals surface area contributed by atoms with Gasteiger partial charge in [-0.2, -0.15) is 0 Å². The Hall–Kier alpha value is -0.580. The van der Waals surface area contributed by atoms with Crippen LogP contribution in [0.5, 0.6) is 5.75 Å². The van der Waals surface area contributed by atoms with Crippen molar-refractivity contribution in [2.75, 3.05) is 20.2 Å². The summed E-state index contributed by atoms with van der Waals surface area (Å²) >= 11 is 3.48. The second kappa shape index (κ2) is 6.55. The van der Waals surface area contributed by atoms with Crippen molar-refractivity contribution >= 4 is 15.9 Å². The van der Waals surface area contributed by atoms with Crippen molar-refractivity contribution in [3.63, 3.8) is 0 Å². The first-order valence-electron chi connectivity index (χ1n) is 6.38. The minimum absolute atomic E-state index is 0.229. The van der Waals surface area contributed by atoms with Gasteiger partial charge < -0.3 is 14.8 Å². The van der Waals surface area contributed by atoms with Gasteiger partial charge in [-0.05, 0) is 50.6 Å². The van der Waals surface area contributed by atoms with Gasteiger partial charge in [0.15, 0.2) is 0 Å². The van der Waals surface area contributed by atoms with Crippen molar-refractivity contribution in [3.8, 4) is 5.75 Å². The molecule has 0 aliphatic carbocycles. The van der Waals surface area contributed by atoms with Gasteiger partial charge in [-0.15, -0.1) is 0 Å². The van der Waals surface area contributed by atoms with Crippen molar-refractivity contribution < 1.29 is 9.47 Å². The number of halogens is 1. The number of aryl methyl sites for hydroxylation is 1. The van der Waals surface area contributed by atoms with Gasteiger partial charge in [0.25, 0.3) is 0 Å². The van der Waals surface area contributed by atoms with E-state index in [2.05, 4.69) is 28.2 Å². The van der Waals surface area contributed by atoms with E-state index in [-0.39, 0.29) is 6.10 Å². The Bertz CT molecular complexity index is 397. The molecule has 2 unspecified atom stereocenters. The number of likely N-dealkylation sites (N-methyl/N-ethyl adjacent to an activating group) is 1. The van der Waals surface area contributed by atoms with Crippen LogP contribution in [0.3, 0.4) is 0 Å². The highest BCUT2D eigenvalue weighted by Gasteiger charge is 2.25. The van der Waals surface area contributed by atoms with E-state index in [1.807, 2.05) is 25.2 Å². The summed E-state index contributed by atoms with van der Waals surface area (Å²) in [5.74, 6) is 0.913. The number of nitrogens with one attached hydrogen (secondary N) is 1. The van der Waals surface area contributed by atoms with Crippen molar-refractivity contribution in [2.45, 2.75) is 32.0 Å². The zero-order valence-corrected chi connectivity index (χ0v) is 12.5. The van der Waals surface area contributed by atoms with Gasteiger partial charge in [-0.3, -0.25) is 0 Å². The monoisotopic (exact) mass is 313 g/mol. The van der Waals surface area contributed by atoms with Crippen LogP contribution >= 0.6 is 15.9 Å². The Kier molecular flexibility index (Phi) is 5.03. The lowest BCUT2D eigenvalue weighted by Crippen LogP contribution is -2.25. The molecule has 1 heterocycles. The molecule has 1 fully saturated rings. The minimum atomic E-state index is 0.229. The lowest BCUT2D eigenvalue weighted by molar-refractivity contribution is 0.0193. The fourth-order valence-electron chi connectivity index (χ4n) is 2.18. The van der Waals surface area contributed by atoms with Gasteiger partial charge in [0.2, 0.25) is 0 Å². The van der Waals surface area contributed by atoms with Crippen LogP contribution in [-0.2, 0) is 4.74 Å². The van der Waals surface area contributed by atoms with Crippen LogP contribution in [0.4, 0.5) is 0 Å². The molecule has 1 aliphatic rings. The van der Waals surface area contributed by atoms with Crippen LogP contribution < -0.4 is 10.1 Å². The molecule has 18 heavy (non-hydrogen) atoms. The van der Waals surface area contributed by atoms with Crippen LogP contribution in [0, 0.1) is 6.92 Å². The van der Waals surface area contributed by atoms with Crippen LogP contribution in [0.15, 0.2) is 22.7 Å². The molecular weight excluding hydrogens is 294 g/mol. The molecule has 1 aromatic carbocycles. The molecule has 0 radical (unpaired) electrons. The molecule has 1 aliphatic heterocycles. The smallest absolute Gasteiger partial charge is 0.119 e. The van der Waals surface area contributed by atoms with Crippen molar-refractivity contribution in [1.29, 1.82) is 0 Å². The van der Waals surface area contributed by atoms with E-state index in [4.69, 9.17) is 9.47 Å². The maximum atomic E-state index is 5.88. The van der Waals surface area contributed by atoms with Gasteiger partial charge in [-0.1, -0.05) is 15.9 Å². The maximum Gasteiger partial charge on any atom is 0.119 e. The summed E-state index contributed by atoms with van der Waals surface area (Å²) in [5, 5.41) is 3.15. The second-order valence-electron chi connectivity index (χ2n) is 4.74. The highest BCUT2D eigenvalue weighted by molar-refractivity contribution is 9.10. The molecule has 0 aromatic heterocycles. The SMILES string of the molecule is CNCC1CCC(COc2ccc(Br)c(C)c2)O1. The third-order valence-electron chi connectivity index (χ3n) is 3.19. The maximum absolute atomic E-state index is 5.88. The molecule has 0 saturated carbocycles. The summed E-state index contributed by atoms with van der Waals surface area (Å²) in [6, 6.07) is 6.05. The topological polar surface area (TPSA) is 30.5 Å². The van der Waals surface area contributed by atoms with Gasteiger partial charge >= 0.3 is 0 Å². The molecule has 1 aromatic rings. The average molecular weight is 314 g/mol. The summed E-state index contributed by atoms with van der Waals surface area (Å²) in [6.07, 6.45) is 2.78. The first-order chi connectivity index (χ1) is 8.69. The van der Waals surface area contributed by atoms with Crippen molar-refractivity contribution in [3.05, 3.63) is 28.2 Å². The first kappa shape index (κ1) is 13.8. The zero-order valence-electron chi connectivity index (χ0n) is 10.9. The number of rotatable bonds is 5. The fraction of sp³-hybridized carbons (Fsp3) is 0.571. The van der Waals surface area contributed by atoms with E-state index < -0.39 is 0 Å². The Labute approximate surface area is 117 Å². The van der Waals surface area contributed by atoms with Crippen LogP contribution in [0.1, 0.15) is 18.4 Å². The standard InChI is InChI=1S/C14H20BrNO2/c1-10-7-11(5-6-14(10)15)17-9-13-4-3-12(18-13)8-16-2/h5-7,12-13,16H,3-4,8-9H2,1-2H3. The Morgan fingerprint density at radius 3 is 2.89 bits per heavy atom. The van der Waals surface area contributed by atoms with Gasteiger partial charge in [0.1, 0.15) is 12.4 Å². The van der Waals surface area contributed by atoms with Crippen LogP contribution in [0.25, 0.3) is 0 Å². The second-order valence-corrected chi connectivity index (χ2v) is 5.59. The summed E-state index contributed by atoms with van der Waals surface area (Å²) in [6.45, 7) is 3.63. The van der Waals surface area contributed by atoms with Crippen LogP contribution in [-0.4, -0.2) is 32.4 Å². The molecule has 3 nitrogen and oxygen atoms in total. The van der Waals surface area contributed by atoms with E-state index in [1.165, 1.54) is 5.56 Å². The largest absolute Gasteiger partial charge is 0.491 e. The zero-order chi connectivity index (χ0) is 13.0. The fourth-order valence-corrected chi connectivity index (χ4v) is 2.42. The molecule has 1 N–H and O–H groups in total. The Balaban J connectivity index is 1.80. The van der Waals surface area contributed by atoms with Gasteiger partial charge in [-0.25, -0.2) is 0 Å². The molecule has 4 heteroatoms. The van der Waals surface area contributed by atoms with Gasteiger partial charge in [0, 0.05) is 11.0 Å². The number of ether oxygens (including phenoxy) is 2. The summed E-state index contributed by atoms with van der Waals surface area (Å²) in [4.78, 5) is 0. The quantitative estimate of drug-likeness (QED) is 0.906. The lowest BCUT2D eigenvalue weighted by atomic mass is 10.2. The highest BCUT2D eigenvalue weighted by Crippen LogP contribution is 2.24. The Morgan fingerprint density at radius 2 is 2.17 bits per heavy atom. The minimum Gasteiger partial charge on any atom is -0.491 e. The summed E-state index contributed by atoms with van der Waals surface area (Å²) < 4.78 is 12.8. The number of benzene rings is 1. The third-order valence-corrected chi connectivity index (χ3v) is 4.08. The number of hydrogen-bond donors (Lipinski definition) is 1. The molecule has 2 rings (SSSR count). The third kappa shape index (κ3) is 3.70. The molecule has 2 atom stereocenters. The lowest BCUT2D eigenvalue weighted by Gasteiger charge is -2.14. The van der Waals surface area contributed by atoms with Crippen molar-refractivity contribution in [2.24, 2.45) is 0 Å². The molecule has 100 valence electrons. The Morgan fingerprint density at radius 1 is 1.39 bits per heavy atom. The van der Waals surface area contributed by atoms with E-state index in [0.717, 1.165) is 29.6 Å². The first-order valence-corrected chi connectivity index (χ1v) is 7.17. The molecule has 0 spiro atoms. The summed E-state index contributed by atoms with van der Waals surface area (Å²) in [5.41, 5.74) is 1.19. The normalized spacial score (nSPS) is 23.3.